The molecule has 2 heterocycles. The van der Waals surface area contributed by atoms with Gasteiger partial charge in [0.2, 0.25) is 5.91 Å². The number of amides is 2. The lowest BCUT2D eigenvalue weighted by Gasteiger charge is -2.20. The minimum Gasteiger partial charge on any atom is -0.349 e. The van der Waals surface area contributed by atoms with E-state index in [0.29, 0.717) is 17.1 Å². The summed E-state index contributed by atoms with van der Waals surface area (Å²) >= 11 is 0. The van der Waals surface area contributed by atoms with E-state index < -0.39 is 0 Å². The van der Waals surface area contributed by atoms with E-state index in [0.717, 1.165) is 11.1 Å². The van der Waals surface area contributed by atoms with Gasteiger partial charge in [0.1, 0.15) is 5.56 Å². The number of nitrogens with zero attached hydrogens (tertiary/aromatic N) is 3. The van der Waals surface area contributed by atoms with Gasteiger partial charge in [0.25, 0.3) is 5.91 Å². The van der Waals surface area contributed by atoms with Gasteiger partial charge in [-0.3, -0.25) is 9.59 Å². The molecular weight excluding hydrogens is 366 g/mol. The highest BCUT2D eigenvalue weighted by molar-refractivity contribution is 5.99. The van der Waals surface area contributed by atoms with Crippen molar-refractivity contribution < 1.29 is 9.59 Å². The van der Waals surface area contributed by atoms with Crippen LogP contribution < -0.4 is 10.6 Å². The lowest BCUT2D eigenvalue weighted by molar-refractivity contribution is -0.117. The predicted octanol–water partition coefficient (Wildman–Crippen LogP) is 2.93. The first kappa shape index (κ1) is 20.3. The Hall–Kier alpha value is -3.48. The van der Waals surface area contributed by atoms with E-state index in [9.17, 15) is 9.59 Å². The number of carbonyl (C=O) groups excluding carboxylic acids is 2. The fourth-order valence-electron chi connectivity index (χ4n) is 3.01. The molecule has 0 spiro atoms. The summed E-state index contributed by atoms with van der Waals surface area (Å²) in [5, 5.41) is 9.93. The average molecular weight is 391 g/mol. The first-order valence-electron chi connectivity index (χ1n) is 9.50. The van der Waals surface area contributed by atoms with E-state index in [1.807, 2.05) is 37.4 Å². The first-order chi connectivity index (χ1) is 13.9. The number of aryl methyl sites for hydroxylation is 1. The van der Waals surface area contributed by atoms with Crippen molar-refractivity contribution in [2.45, 2.75) is 32.7 Å². The molecule has 29 heavy (non-hydrogen) atoms. The number of hydrogen-bond donors (Lipinski definition) is 2. The molecule has 150 valence electrons. The minimum atomic E-state index is -0.386. The smallest absolute Gasteiger partial charge is 0.256 e. The standard InChI is InChI=1S/C22H25N5O2/c1-5-20(28)26-19(17-8-6-16(7-9-17)14(2)3)12-24-22(29)18-11-25-27-13-15(4)10-23-21(18)27/h5-11,13-14,19H,1,12H2,2-4H3,(H,24,29)(H,26,28). The lowest BCUT2D eigenvalue weighted by Crippen LogP contribution is -2.37. The van der Waals surface area contributed by atoms with Gasteiger partial charge in [-0.15, -0.1) is 0 Å². The maximum atomic E-state index is 12.7. The summed E-state index contributed by atoms with van der Waals surface area (Å²) in [6, 6.07) is 7.62. The van der Waals surface area contributed by atoms with Crippen molar-refractivity contribution in [1.82, 2.24) is 25.2 Å². The van der Waals surface area contributed by atoms with Crippen molar-refractivity contribution in [2.75, 3.05) is 6.54 Å². The van der Waals surface area contributed by atoms with Crippen LogP contribution in [0.2, 0.25) is 0 Å². The second kappa shape index (κ2) is 8.68. The van der Waals surface area contributed by atoms with Gasteiger partial charge in [-0.2, -0.15) is 5.10 Å². The Morgan fingerprint density at radius 1 is 1.17 bits per heavy atom. The summed E-state index contributed by atoms with van der Waals surface area (Å²) in [5.74, 6) is -0.185. The molecule has 2 N–H and O–H groups in total. The molecule has 1 unspecified atom stereocenters. The monoisotopic (exact) mass is 391 g/mol. The van der Waals surface area contributed by atoms with Crippen LogP contribution in [0.15, 0.2) is 55.5 Å². The zero-order chi connectivity index (χ0) is 21.0. The molecule has 0 aliphatic heterocycles. The summed E-state index contributed by atoms with van der Waals surface area (Å²) in [5.41, 5.74) is 3.93. The molecule has 2 amide bonds. The van der Waals surface area contributed by atoms with Crippen molar-refractivity contribution in [2.24, 2.45) is 0 Å². The second-order valence-corrected chi connectivity index (χ2v) is 7.25. The van der Waals surface area contributed by atoms with E-state index >= 15 is 0 Å². The molecule has 7 heteroatoms. The van der Waals surface area contributed by atoms with Crippen molar-refractivity contribution >= 4 is 17.5 Å². The molecule has 7 nitrogen and oxygen atoms in total. The molecule has 0 saturated carbocycles. The number of fused-ring (bicyclic) bond motifs is 1. The third-order valence-electron chi connectivity index (χ3n) is 4.70. The molecule has 0 radical (unpaired) electrons. The molecule has 0 aliphatic carbocycles. The van der Waals surface area contributed by atoms with Gasteiger partial charge in [-0.25, -0.2) is 9.50 Å². The van der Waals surface area contributed by atoms with Gasteiger partial charge in [-0.1, -0.05) is 44.7 Å². The Labute approximate surface area is 169 Å². The Morgan fingerprint density at radius 3 is 2.52 bits per heavy atom. The summed E-state index contributed by atoms with van der Waals surface area (Å²) in [6.07, 6.45) is 6.21. The van der Waals surface area contributed by atoms with E-state index in [2.05, 4.69) is 41.1 Å². The van der Waals surface area contributed by atoms with E-state index in [4.69, 9.17) is 0 Å². The molecule has 0 fully saturated rings. The van der Waals surface area contributed by atoms with E-state index in [-0.39, 0.29) is 24.4 Å². The predicted molar refractivity (Wildman–Crippen MR) is 112 cm³/mol. The minimum absolute atomic E-state index is 0.225. The molecule has 1 aromatic carbocycles. The van der Waals surface area contributed by atoms with Crippen LogP contribution in [-0.2, 0) is 4.79 Å². The molecule has 3 aromatic rings. The number of hydrogen-bond acceptors (Lipinski definition) is 4. The van der Waals surface area contributed by atoms with Crippen molar-refractivity contribution in [3.8, 4) is 0 Å². The summed E-state index contributed by atoms with van der Waals surface area (Å²) in [4.78, 5) is 28.9. The van der Waals surface area contributed by atoms with Crippen LogP contribution in [-0.4, -0.2) is 33.0 Å². The first-order valence-corrected chi connectivity index (χ1v) is 9.50. The number of carbonyl (C=O) groups is 2. The van der Waals surface area contributed by atoms with Crippen LogP contribution in [0, 0.1) is 6.92 Å². The number of rotatable bonds is 7. The highest BCUT2D eigenvalue weighted by atomic mass is 16.2. The highest BCUT2D eigenvalue weighted by Crippen LogP contribution is 2.19. The second-order valence-electron chi connectivity index (χ2n) is 7.25. The Morgan fingerprint density at radius 2 is 1.86 bits per heavy atom. The molecule has 0 saturated heterocycles. The van der Waals surface area contributed by atoms with E-state index in [1.54, 1.807) is 10.7 Å². The molecule has 3 rings (SSSR count). The van der Waals surface area contributed by atoms with Crippen LogP contribution >= 0.6 is 0 Å². The molecular formula is C22H25N5O2. The van der Waals surface area contributed by atoms with Crippen LogP contribution in [0.3, 0.4) is 0 Å². The van der Waals surface area contributed by atoms with Crippen LogP contribution in [0.5, 0.6) is 0 Å². The SMILES string of the molecule is C=CC(=O)NC(CNC(=O)c1cnn2cc(C)cnc12)c1ccc(C(C)C)cc1. The van der Waals surface area contributed by atoms with Gasteiger partial charge < -0.3 is 10.6 Å². The van der Waals surface area contributed by atoms with Crippen LogP contribution in [0.25, 0.3) is 5.65 Å². The fourth-order valence-corrected chi connectivity index (χ4v) is 3.01. The summed E-state index contributed by atoms with van der Waals surface area (Å²) < 4.78 is 1.58. The maximum absolute atomic E-state index is 12.7. The third kappa shape index (κ3) is 4.68. The largest absolute Gasteiger partial charge is 0.349 e. The number of aromatic nitrogens is 3. The highest BCUT2D eigenvalue weighted by Gasteiger charge is 2.18. The van der Waals surface area contributed by atoms with Crippen LogP contribution in [0.1, 0.15) is 52.9 Å². The van der Waals surface area contributed by atoms with E-state index in [1.165, 1.54) is 17.8 Å². The molecule has 0 bridgehead atoms. The molecule has 1 atom stereocenters. The zero-order valence-electron chi connectivity index (χ0n) is 16.8. The number of nitrogens with one attached hydrogen (secondary N) is 2. The summed E-state index contributed by atoms with van der Waals surface area (Å²) in [7, 11) is 0. The Kier molecular flexibility index (Phi) is 6.07. The quantitative estimate of drug-likeness (QED) is 0.606. The zero-order valence-corrected chi connectivity index (χ0v) is 16.8. The normalized spacial score (nSPS) is 12.0. The fraction of sp³-hybridized carbons (Fsp3) is 0.273. The average Bonchev–Trinajstić information content (AvgIpc) is 3.13. The van der Waals surface area contributed by atoms with Crippen molar-refractivity contribution in [3.05, 3.63) is 77.8 Å². The van der Waals surface area contributed by atoms with Gasteiger partial charge in [0.05, 0.1) is 12.2 Å². The summed E-state index contributed by atoms with van der Waals surface area (Å²) in [6.45, 7) is 9.88. The third-order valence-corrected chi connectivity index (χ3v) is 4.70. The Balaban J connectivity index is 1.77. The van der Waals surface area contributed by atoms with Crippen LogP contribution in [0.4, 0.5) is 0 Å². The van der Waals surface area contributed by atoms with Crippen molar-refractivity contribution in [1.29, 1.82) is 0 Å². The maximum Gasteiger partial charge on any atom is 0.256 e. The molecule has 2 aromatic heterocycles. The van der Waals surface area contributed by atoms with Crippen molar-refractivity contribution in [3.63, 3.8) is 0 Å². The van der Waals surface area contributed by atoms with Gasteiger partial charge in [-0.05, 0) is 35.6 Å². The molecule has 0 aliphatic rings. The van der Waals surface area contributed by atoms with Gasteiger partial charge in [0, 0.05) is 18.9 Å². The van der Waals surface area contributed by atoms with Gasteiger partial charge in [0.15, 0.2) is 5.65 Å². The Bertz CT molecular complexity index is 1040. The lowest BCUT2D eigenvalue weighted by atomic mass is 9.99. The number of benzene rings is 1. The topological polar surface area (TPSA) is 88.4 Å². The van der Waals surface area contributed by atoms with Gasteiger partial charge >= 0.3 is 0 Å².